The van der Waals surface area contributed by atoms with Crippen molar-refractivity contribution in [2.45, 2.75) is 31.6 Å². The zero-order valence-electron chi connectivity index (χ0n) is 10.9. The Morgan fingerprint density at radius 2 is 2.26 bits per heavy atom. The predicted octanol–water partition coefficient (Wildman–Crippen LogP) is 2.89. The van der Waals surface area contributed by atoms with Crippen LogP contribution < -0.4 is 5.32 Å². The van der Waals surface area contributed by atoms with Crippen molar-refractivity contribution in [1.29, 1.82) is 0 Å². The van der Waals surface area contributed by atoms with Crippen LogP contribution in [0.1, 0.15) is 25.5 Å². The Morgan fingerprint density at radius 1 is 1.47 bits per heavy atom. The molecule has 2 aromatic rings. The van der Waals surface area contributed by atoms with E-state index >= 15 is 0 Å². The van der Waals surface area contributed by atoms with Crippen molar-refractivity contribution in [3.8, 4) is 0 Å². The van der Waals surface area contributed by atoms with Gasteiger partial charge in [-0.2, -0.15) is 0 Å². The van der Waals surface area contributed by atoms with E-state index < -0.39 is 0 Å². The highest BCUT2D eigenvalue weighted by Gasteiger charge is 2.11. The first-order valence-corrected chi connectivity index (χ1v) is 6.88. The van der Waals surface area contributed by atoms with Crippen LogP contribution in [0.5, 0.6) is 0 Å². The van der Waals surface area contributed by atoms with E-state index in [1.54, 1.807) is 0 Å². The fourth-order valence-electron chi connectivity index (χ4n) is 1.85. The molecule has 5 heteroatoms. The van der Waals surface area contributed by atoms with E-state index in [1.807, 2.05) is 31.2 Å². The number of alkyl halides is 1. The van der Waals surface area contributed by atoms with Crippen LogP contribution in [0.15, 0.2) is 28.8 Å². The van der Waals surface area contributed by atoms with E-state index in [0.717, 1.165) is 18.2 Å². The molecule has 0 spiro atoms. The van der Waals surface area contributed by atoms with E-state index in [9.17, 15) is 4.79 Å². The van der Waals surface area contributed by atoms with Gasteiger partial charge in [-0.25, -0.2) is 0 Å². The molecule has 1 unspecified atom stereocenters. The Labute approximate surface area is 117 Å². The van der Waals surface area contributed by atoms with Gasteiger partial charge < -0.3 is 9.84 Å². The lowest BCUT2D eigenvalue weighted by atomic mass is 10.1. The molecular weight excluding hydrogens is 264 g/mol. The zero-order chi connectivity index (χ0) is 13.7. The van der Waals surface area contributed by atoms with Crippen molar-refractivity contribution in [1.82, 2.24) is 10.5 Å². The molecule has 0 fully saturated rings. The number of rotatable bonds is 6. The monoisotopic (exact) mass is 280 g/mol. The number of aromatic nitrogens is 1. The Morgan fingerprint density at radius 3 is 3.05 bits per heavy atom. The van der Waals surface area contributed by atoms with Crippen LogP contribution in [-0.2, 0) is 11.2 Å². The second kappa shape index (κ2) is 6.57. The lowest BCUT2D eigenvalue weighted by molar-refractivity contribution is -0.120. The summed E-state index contributed by atoms with van der Waals surface area (Å²) in [5.41, 5.74) is 1.38. The third kappa shape index (κ3) is 3.70. The summed E-state index contributed by atoms with van der Waals surface area (Å²) in [6, 6.07) is 7.52. The molecule has 1 heterocycles. The molecule has 1 atom stereocenters. The second-order valence-electron chi connectivity index (χ2n) is 4.45. The average molecular weight is 281 g/mol. The summed E-state index contributed by atoms with van der Waals surface area (Å²) in [4.78, 5) is 11.8. The molecule has 2 rings (SSSR count). The first-order chi connectivity index (χ1) is 9.20. The molecule has 0 aliphatic carbocycles. The number of fused-ring (bicyclic) bond motifs is 1. The van der Waals surface area contributed by atoms with Crippen LogP contribution in [0.3, 0.4) is 0 Å². The fraction of sp³-hybridized carbons (Fsp3) is 0.429. The minimum absolute atomic E-state index is 0.0565. The molecule has 4 nitrogen and oxygen atoms in total. The third-order valence-electron chi connectivity index (χ3n) is 3.00. The first kappa shape index (κ1) is 13.9. The molecule has 1 amide bonds. The van der Waals surface area contributed by atoms with E-state index in [2.05, 4.69) is 10.5 Å². The molecular formula is C14H17ClN2O2. The smallest absolute Gasteiger partial charge is 0.226 e. The summed E-state index contributed by atoms with van der Waals surface area (Å²) in [5.74, 6) is -0.0565. The molecule has 19 heavy (non-hydrogen) atoms. The number of carbonyl (C=O) groups excluding carboxylic acids is 1. The fourth-order valence-corrected chi connectivity index (χ4v) is 1.96. The van der Waals surface area contributed by atoms with Gasteiger partial charge in [-0.05, 0) is 25.0 Å². The molecule has 0 aliphatic heterocycles. The lowest BCUT2D eigenvalue weighted by Gasteiger charge is -2.07. The van der Waals surface area contributed by atoms with Crippen LogP contribution in [-0.4, -0.2) is 23.0 Å². The highest BCUT2D eigenvalue weighted by Crippen LogP contribution is 2.17. The van der Waals surface area contributed by atoms with Crippen LogP contribution in [0.2, 0.25) is 0 Å². The molecule has 1 N–H and O–H groups in total. The molecule has 0 radical (unpaired) electrons. The highest BCUT2D eigenvalue weighted by atomic mass is 35.5. The normalized spacial score (nSPS) is 12.5. The van der Waals surface area contributed by atoms with Crippen molar-refractivity contribution in [3.63, 3.8) is 0 Å². The summed E-state index contributed by atoms with van der Waals surface area (Å²) < 4.78 is 5.16. The molecule has 0 saturated carbocycles. The topological polar surface area (TPSA) is 55.1 Å². The quantitative estimate of drug-likeness (QED) is 0.828. The predicted molar refractivity (Wildman–Crippen MR) is 75.3 cm³/mol. The maximum atomic E-state index is 11.8. The van der Waals surface area contributed by atoms with Crippen molar-refractivity contribution >= 4 is 28.5 Å². The SMILES string of the molecule is CCC(Cl)CCNC(=O)Cc1noc2ccccc12. The van der Waals surface area contributed by atoms with Crippen LogP contribution in [0, 0.1) is 0 Å². The van der Waals surface area contributed by atoms with Gasteiger partial charge in [0.1, 0.15) is 5.69 Å². The van der Waals surface area contributed by atoms with Gasteiger partial charge in [0.2, 0.25) is 5.91 Å². The molecule has 1 aromatic heterocycles. The number of nitrogens with one attached hydrogen (secondary N) is 1. The second-order valence-corrected chi connectivity index (χ2v) is 5.06. The number of nitrogens with zero attached hydrogens (tertiary/aromatic N) is 1. The van der Waals surface area contributed by atoms with E-state index in [-0.39, 0.29) is 17.7 Å². The van der Waals surface area contributed by atoms with Gasteiger partial charge in [-0.1, -0.05) is 24.2 Å². The summed E-state index contributed by atoms with van der Waals surface area (Å²) in [5, 5.41) is 7.79. The maximum absolute atomic E-state index is 11.8. The van der Waals surface area contributed by atoms with Gasteiger partial charge in [0.05, 0.1) is 6.42 Å². The summed E-state index contributed by atoms with van der Waals surface area (Å²) in [6.45, 7) is 2.62. The average Bonchev–Trinajstić information content (AvgIpc) is 2.82. The number of amides is 1. The van der Waals surface area contributed by atoms with Gasteiger partial charge in [-0.15, -0.1) is 11.6 Å². The number of para-hydroxylation sites is 1. The molecule has 1 aromatic carbocycles. The molecule has 102 valence electrons. The zero-order valence-corrected chi connectivity index (χ0v) is 11.6. The Balaban J connectivity index is 1.88. The van der Waals surface area contributed by atoms with Gasteiger partial charge in [0, 0.05) is 17.3 Å². The van der Waals surface area contributed by atoms with Crippen molar-refractivity contribution in [2.75, 3.05) is 6.54 Å². The number of hydrogen-bond donors (Lipinski definition) is 1. The minimum atomic E-state index is -0.0565. The van der Waals surface area contributed by atoms with Crippen LogP contribution in [0.25, 0.3) is 11.0 Å². The standard InChI is InChI=1S/C14H17ClN2O2/c1-2-10(15)7-8-16-14(18)9-12-11-5-3-4-6-13(11)19-17-12/h3-6,10H,2,7-9H2,1H3,(H,16,18). The maximum Gasteiger partial charge on any atom is 0.226 e. The number of carbonyl (C=O) groups is 1. The minimum Gasteiger partial charge on any atom is -0.356 e. The van der Waals surface area contributed by atoms with E-state index in [0.29, 0.717) is 17.8 Å². The van der Waals surface area contributed by atoms with E-state index in [4.69, 9.17) is 16.1 Å². The Hall–Kier alpha value is -1.55. The van der Waals surface area contributed by atoms with Gasteiger partial charge in [0.25, 0.3) is 0 Å². The Bertz CT molecular complexity index is 553. The van der Waals surface area contributed by atoms with Crippen molar-refractivity contribution < 1.29 is 9.32 Å². The molecule has 0 aliphatic rings. The van der Waals surface area contributed by atoms with Gasteiger partial charge >= 0.3 is 0 Å². The highest BCUT2D eigenvalue weighted by molar-refractivity contribution is 6.20. The molecule has 0 bridgehead atoms. The van der Waals surface area contributed by atoms with Gasteiger partial charge in [-0.3, -0.25) is 4.79 Å². The number of benzene rings is 1. The largest absolute Gasteiger partial charge is 0.356 e. The number of hydrogen-bond acceptors (Lipinski definition) is 3. The Kier molecular flexibility index (Phi) is 4.80. The first-order valence-electron chi connectivity index (χ1n) is 6.44. The lowest BCUT2D eigenvalue weighted by Crippen LogP contribution is -2.27. The summed E-state index contributed by atoms with van der Waals surface area (Å²) >= 11 is 5.99. The third-order valence-corrected chi connectivity index (χ3v) is 3.53. The summed E-state index contributed by atoms with van der Waals surface area (Å²) in [6.07, 6.45) is 1.92. The van der Waals surface area contributed by atoms with E-state index in [1.165, 1.54) is 0 Å². The molecule has 0 saturated heterocycles. The van der Waals surface area contributed by atoms with Crippen molar-refractivity contribution in [2.24, 2.45) is 0 Å². The van der Waals surface area contributed by atoms with Crippen LogP contribution in [0.4, 0.5) is 0 Å². The number of halogens is 1. The van der Waals surface area contributed by atoms with Crippen molar-refractivity contribution in [3.05, 3.63) is 30.0 Å². The van der Waals surface area contributed by atoms with Gasteiger partial charge in [0.15, 0.2) is 5.58 Å². The van der Waals surface area contributed by atoms with Crippen LogP contribution >= 0.6 is 11.6 Å². The summed E-state index contributed by atoms with van der Waals surface area (Å²) in [7, 11) is 0.